The zero-order valence-corrected chi connectivity index (χ0v) is 22.2. The van der Waals surface area contributed by atoms with Crippen LogP contribution < -0.4 is 21.5 Å². The van der Waals surface area contributed by atoms with Gasteiger partial charge in [0.15, 0.2) is 0 Å². The largest absolute Gasteiger partial charge is 0.486 e. The maximum absolute atomic E-state index is 13.0. The fourth-order valence-electron chi connectivity index (χ4n) is 3.43. The number of nitrogens with one attached hydrogen (secondary N) is 1. The third-order valence-corrected chi connectivity index (χ3v) is 7.06. The van der Waals surface area contributed by atoms with Crippen molar-refractivity contribution in [3.05, 3.63) is 87.0 Å². The molecule has 196 valence electrons. The van der Waals surface area contributed by atoms with Gasteiger partial charge in [-0.05, 0) is 60.2 Å². The monoisotopic (exact) mass is 595 g/mol. The maximum Gasteiger partial charge on any atom is 0.332 e. The topological polar surface area (TPSA) is 150 Å². The molecule has 0 fully saturated rings. The first-order chi connectivity index (χ1) is 17.9. The number of carbonyl (C=O) groups excluding carboxylic acids is 1. The van der Waals surface area contributed by atoms with Crippen molar-refractivity contribution in [3.63, 3.8) is 0 Å². The Morgan fingerprint density at radius 2 is 1.63 bits per heavy atom. The lowest BCUT2D eigenvalue weighted by Gasteiger charge is -2.15. The third kappa shape index (κ3) is 6.25. The Balaban J connectivity index is 1.51. The minimum atomic E-state index is -4.86. The molecule has 1 amide bonds. The van der Waals surface area contributed by atoms with Crippen LogP contribution in [-0.2, 0) is 16.8 Å². The van der Waals surface area contributed by atoms with E-state index in [0.29, 0.717) is 32.6 Å². The van der Waals surface area contributed by atoms with Crippen LogP contribution in [0.15, 0.2) is 65.6 Å². The van der Waals surface area contributed by atoms with Crippen LogP contribution in [-0.4, -0.2) is 24.3 Å². The van der Waals surface area contributed by atoms with E-state index in [1.165, 1.54) is 24.3 Å². The smallest absolute Gasteiger partial charge is 0.332 e. The highest BCUT2D eigenvalue weighted by molar-refractivity contribution is 7.86. The van der Waals surface area contributed by atoms with Crippen molar-refractivity contribution in [2.24, 2.45) is 0 Å². The summed E-state index contributed by atoms with van der Waals surface area (Å²) in [5, 5.41) is 3.47. The summed E-state index contributed by atoms with van der Waals surface area (Å²) in [6, 6.07) is 13.8. The number of amides is 1. The van der Waals surface area contributed by atoms with E-state index < -0.39 is 21.0 Å². The van der Waals surface area contributed by atoms with Gasteiger partial charge < -0.3 is 21.5 Å². The van der Waals surface area contributed by atoms with Crippen molar-refractivity contribution in [2.45, 2.75) is 11.5 Å². The van der Waals surface area contributed by atoms with Crippen molar-refractivity contribution >= 4 is 68.4 Å². The van der Waals surface area contributed by atoms with E-state index in [1.54, 1.807) is 24.3 Å². The summed E-state index contributed by atoms with van der Waals surface area (Å²) < 4.78 is 40.8. The molecule has 1 aromatic heterocycles. The van der Waals surface area contributed by atoms with Gasteiger partial charge in [0, 0.05) is 16.8 Å². The highest BCUT2D eigenvalue weighted by Gasteiger charge is 2.17. The lowest BCUT2D eigenvalue weighted by atomic mass is 10.0. The molecular weight excluding hydrogens is 580 g/mol. The van der Waals surface area contributed by atoms with E-state index in [0.717, 1.165) is 12.1 Å². The van der Waals surface area contributed by atoms with E-state index in [2.05, 4.69) is 15.3 Å². The van der Waals surface area contributed by atoms with Crippen LogP contribution in [0.25, 0.3) is 11.1 Å². The minimum absolute atomic E-state index is 0.0498. The van der Waals surface area contributed by atoms with Crippen LogP contribution in [0.2, 0.25) is 15.1 Å². The van der Waals surface area contributed by atoms with Crippen molar-refractivity contribution in [1.82, 2.24) is 9.97 Å². The first kappa shape index (κ1) is 27.4. The van der Waals surface area contributed by atoms with E-state index in [1.807, 2.05) is 0 Å². The average molecular weight is 597 g/mol. The van der Waals surface area contributed by atoms with E-state index in [-0.39, 0.29) is 34.7 Å². The Labute approximate surface area is 231 Å². The van der Waals surface area contributed by atoms with Gasteiger partial charge in [0.2, 0.25) is 5.95 Å². The van der Waals surface area contributed by atoms with Gasteiger partial charge in [0.05, 0.1) is 25.7 Å². The zero-order valence-electron chi connectivity index (χ0n) is 19.1. The molecule has 0 atom stereocenters. The fraction of sp³-hybridized carbons (Fsp3) is 0.0417. The van der Waals surface area contributed by atoms with Crippen LogP contribution in [0.5, 0.6) is 5.75 Å². The van der Waals surface area contributed by atoms with Crippen molar-refractivity contribution in [2.75, 3.05) is 16.8 Å². The van der Waals surface area contributed by atoms with Crippen molar-refractivity contribution in [3.8, 4) is 16.9 Å². The van der Waals surface area contributed by atoms with E-state index >= 15 is 0 Å². The number of nitrogen functional groups attached to an aromatic ring is 2. The van der Waals surface area contributed by atoms with Gasteiger partial charge in [-0.1, -0.05) is 40.9 Å². The summed E-state index contributed by atoms with van der Waals surface area (Å²) in [6.07, 6.45) is 0. The summed E-state index contributed by atoms with van der Waals surface area (Å²) in [5.74, 6) is -0.212. The van der Waals surface area contributed by atoms with Crippen LogP contribution in [0.4, 0.5) is 21.3 Å². The van der Waals surface area contributed by atoms with Gasteiger partial charge in [-0.3, -0.25) is 4.79 Å². The van der Waals surface area contributed by atoms with Crippen LogP contribution in [0.3, 0.4) is 0 Å². The van der Waals surface area contributed by atoms with Gasteiger partial charge in [-0.15, -0.1) is 3.89 Å². The molecule has 0 aliphatic carbocycles. The number of benzene rings is 3. The number of hydrogen-bond donors (Lipinski definition) is 3. The zero-order chi connectivity index (χ0) is 27.6. The van der Waals surface area contributed by atoms with Crippen LogP contribution >= 0.6 is 34.8 Å². The van der Waals surface area contributed by atoms with Crippen molar-refractivity contribution in [1.29, 1.82) is 0 Å². The number of carbonyl (C=O) groups is 1. The Bertz CT molecular complexity index is 1650. The summed E-state index contributed by atoms with van der Waals surface area (Å²) in [7, 11) is -4.86. The quantitative estimate of drug-likeness (QED) is 0.228. The molecular formula is C24H17Cl3FN5O4S. The van der Waals surface area contributed by atoms with Crippen LogP contribution in [0, 0.1) is 0 Å². The summed E-state index contributed by atoms with van der Waals surface area (Å²) in [4.78, 5) is 20.2. The second-order valence-corrected chi connectivity index (χ2v) is 10.3. The number of aromatic nitrogens is 2. The average Bonchev–Trinajstić information content (AvgIpc) is 2.84. The molecule has 0 unspecified atom stereocenters. The highest BCUT2D eigenvalue weighted by atomic mass is 35.5. The number of ether oxygens (including phenoxy) is 1. The standard InChI is InChI=1S/C24H17Cl3FN5O4S/c25-16-7-3-13(9-17(16)26)21-19(32-24(30)33-22(21)29)11-37-20-8-4-14(10-18(20)27)31-23(34)12-1-5-15(6-2-12)38(28,35)36/h1-10H,11H2,(H,31,34)(H4,29,30,32,33). The van der Waals surface area contributed by atoms with E-state index in [9.17, 15) is 17.1 Å². The molecule has 0 bridgehead atoms. The number of hydrogen-bond acceptors (Lipinski definition) is 8. The van der Waals surface area contributed by atoms with Gasteiger partial charge in [-0.25, -0.2) is 4.98 Å². The Kier molecular flexibility index (Phi) is 7.93. The summed E-state index contributed by atoms with van der Waals surface area (Å²) in [6.45, 7) is -0.0816. The number of nitrogens with two attached hydrogens (primary N) is 2. The summed E-state index contributed by atoms with van der Waals surface area (Å²) in [5.41, 5.74) is 13.8. The molecule has 0 aliphatic heterocycles. The Hall–Kier alpha value is -3.64. The molecule has 38 heavy (non-hydrogen) atoms. The third-order valence-electron chi connectivity index (χ3n) is 5.19. The molecule has 9 nitrogen and oxygen atoms in total. The molecule has 0 radical (unpaired) electrons. The highest BCUT2D eigenvalue weighted by Crippen LogP contribution is 2.34. The van der Waals surface area contributed by atoms with Gasteiger partial charge >= 0.3 is 10.2 Å². The lowest BCUT2D eigenvalue weighted by molar-refractivity contribution is 0.102. The predicted molar refractivity (Wildman–Crippen MR) is 145 cm³/mol. The van der Waals surface area contributed by atoms with Gasteiger partial charge in [0.1, 0.15) is 18.2 Å². The Morgan fingerprint density at radius 1 is 0.921 bits per heavy atom. The predicted octanol–water partition coefficient (Wildman–Crippen LogP) is 5.76. The number of anilines is 3. The number of halogens is 4. The minimum Gasteiger partial charge on any atom is -0.486 e. The molecule has 0 saturated heterocycles. The molecule has 1 heterocycles. The molecule has 0 aliphatic rings. The number of rotatable bonds is 7. The first-order valence-electron chi connectivity index (χ1n) is 10.6. The molecule has 0 saturated carbocycles. The normalized spacial score (nSPS) is 11.3. The fourth-order valence-corrected chi connectivity index (χ4v) is 4.43. The molecule has 14 heteroatoms. The molecule has 5 N–H and O–H groups in total. The lowest BCUT2D eigenvalue weighted by Crippen LogP contribution is -2.12. The first-order valence-corrected chi connectivity index (χ1v) is 13.1. The second kappa shape index (κ2) is 11.0. The van der Waals surface area contributed by atoms with Crippen LogP contribution in [0.1, 0.15) is 16.1 Å². The van der Waals surface area contributed by atoms with Gasteiger partial charge in [0.25, 0.3) is 5.91 Å². The van der Waals surface area contributed by atoms with Gasteiger partial charge in [-0.2, -0.15) is 13.4 Å². The molecule has 4 rings (SSSR count). The molecule has 0 spiro atoms. The SMILES string of the molecule is Nc1nc(N)c(-c2ccc(Cl)c(Cl)c2)c(COc2ccc(NC(=O)c3ccc(S(=O)(=O)F)cc3)cc2Cl)n1. The molecule has 4 aromatic rings. The maximum atomic E-state index is 13.0. The molecule has 3 aromatic carbocycles. The Morgan fingerprint density at radius 3 is 2.26 bits per heavy atom. The van der Waals surface area contributed by atoms with E-state index in [4.69, 9.17) is 51.0 Å². The number of nitrogens with zero attached hydrogens (tertiary/aromatic N) is 2. The summed E-state index contributed by atoms with van der Waals surface area (Å²) >= 11 is 18.5. The second-order valence-electron chi connectivity index (χ2n) is 7.77. The van der Waals surface area contributed by atoms with Crippen molar-refractivity contribution < 1.29 is 21.8 Å².